The average molecular weight is 653 g/mol. The van der Waals surface area contributed by atoms with Crippen molar-refractivity contribution >= 4 is 33.7 Å². The number of aryl methyl sites for hydroxylation is 2. The number of allylic oxidation sites excluding steroid dienone is 2. The molecule has 0 atom stereocenters. The minimum Gasteiger partial charge on any atom is -0.309 e. The van der Waals surface area contributed by atoms with Gasteiger partial charge in [-0.05, 0) is 108 Å². The summed E-state index contributed by atoms with van der Waals surface area (Å²) < 4.78 is 2.40. The Bertz CT molecular complexity index is 2270. The third-order valence-corrected chi connectivity index (χ3v) is 8.86. The van der Waals surface area contributed by atoms with Gasteiger partial charge in [0.2, 0.25) is 0 Å². The van der Waals surface area contributed by atoms with Crippen LogP contribution in [0.3, 0.4) is 0 Å². The van der Waals surface area contributed by atoms with E-state index in [2.05, 4.69) is 163 Å². The Kier molecular flexibility index (Phi) is 11.8. The summed E-state index contributed by atoms with van der Waals surface area (Å²) in [6.45, 7) is 18.8. The van der Waals surface area contributed by atoms with Gasteiger partial charge in [0.05, 0.1) is 16.7 Å². The van der Waals surface area contributed by atoms with Crippen LogP contribution < -0.4 is 0 Å². The normalized spacial score (nSPS) is 11.0. The van der Waals surface area contributed by atoms with E-state index in [4.69, 9.17) is 0 Å². The SMILES string of the molecule is C=C(N=C/C=C\C)c1ccc2c(c1)c1c(C)c(-c3cc(-c4ccccc4)ccc3C)c(-c3ccccc3)cc1n2-c1ccccc1.CC.CC. The first-order valence-corrected chi connectivity index (χ1v) is 17.8. The van der Waals surface area contributed by atoms with Gasteiger partial charge in [0.1, 0.15) is 0 Å². The van der Waals surface area contributed by atoms with Crippen LogP contribution in [-0.4, -0.2) is 10.8 Å². The van der Waals surface area contributed by atoms with Crippen molar-refractivity contribution in [3.63, 3.8) is 0 Å². The van der Waals surface area contributed by atoms with Crippen LogP contribution in [-0.2, 0) is 0 Å². The third kappa shape index (κ3) is 7.02. The van der Waals surface area contributed by atoms with Crippen molar-refractivity contribution in [1.29, 1.82) is 0 Å². The number of fused-ring (bicyclic) bond motifs is 3. The number of hydrogen-bond acceptors (Lipinski definition) is 1. The molecule has 0 fully saturated rings. The smallest absolute Gasteiger partial charge is 0.0630 e. The molecule has 0 amide bonds. The minimum atomic E-state index is 0.741. The second kappa shape index (κ2) is 16.6. The fraction of sp³-hybridized carbons (Fsp3) is 0.146. The molecular formula is C48H48N2. The first-order valence-electron chi connectivity index (χ1n) is 17.8. The van der Waals surface area contributed by atoms with Crippen LogP contribution in [0.25, 0.3) is 66.6 Å². The summed E-state index contributed by atoms with van der Waals surface area (Å²) in [5.41, 5.74) is 15.1. The Morgan fingerprint density at radius 3 is 1.88 bits per heavy atom. The molecule has 2 nitrogen and oxygen atoms in total. The molecule has 0 saturated carbocycles. The summed E-state index contributed by atoms with van der Waals surface area (Å²) in [7, 11) is 0. The van der Waals surface area contributed by atoms with Crippen LogP contribution in [0.15, 0.2) is 157 Å². The van der Waals surface area contributed by atoms with E-state index in [9.17, 15) is 0 Å². The monoisotopic (exact) mass is 652 g/mol. The van der Waals surface area contributed by atoms with Gasteiger partial charge in [-0.3, -0.25) is 4.99 Å². The first kappa shape index (κ1) is 35.6. The van der Waals surface area contributed by atoms with Crippen molar-refractivity contribution in [1.82, 2.24) is 4.57 Å². The molecule has 0 spiro atoms. The Hall–Kier alpha value is -5.73. The van der Waals surface area contributed by atoms with Crippen molar-refractivity contribution in [2.24, 2.45) is 4.99 Å². The highest BCUT2D eigenvalue weighted by Gasteiger charge is 2.22. The van der Waals surface area contributed by atoms with Gasteiger partial charge in [-0.1, -0.05) is 137 Å². The maximum atomic E-state index is 4.61. The summed E-state index contributed by atoms with van der Waals surface area (Å²) in [6, 6.07) is 48.0. The number of hydrogen-bond donors (Lipinski definition) is 0. The lowest BCUT2D eigenvalue weighted by molar-refractivity contribution is 1.18. The Balaban J connectivity index is 0.00000117. The second-order valence-electron chi connectivity index (χ2n) is 11.7. The van der Waals surface area contributed by atoms with E-state index >= 15 is 0 Å². The van der Waals surface area contributed by atoms with E-state index in [-0.39, 0.29) is 0 Å². The highest BCUT2D eigenvalue weighted by Crippen LogP contribution is 2.45. The molecule has 0 unspecified atom stereocenters. The lowest BCUT2D eigenvalue weighted by Gasteiger charge is -2.19. The van der Waals surface area contributed by atoms with Crippen molar-refractivity contribution in [3.05, 3.63) is 169 Å². The van der Waals surface area contributed by atoms with E-state index in [1.807, 2.05) is 46.8 Å². The molecule has 0 saturated heterocycles. The maximum absolute atomic E-state index is 4.61. The van der Waals surface area contributed by atoms with Gasteiger partial charge in [-0.25, -0.2) is 0 Å². The first-order chi connectivity index (χ1) is 24.5. The fourth-order valence-corrected chi connectivity index (χ4v) is 6.60. The lowest BCUT2D eigenvalue weighted by atomic mass is 9.85. The zero-order valence-corrected chi connectivity index (χ0v) is 30.5. The predicted molar refractivity (Wildman–Crippen MR) is 222 cm³/mol. The molecule has 7 aromatic rings. The molecule has 6 aromatic carbocycles. The number of benzene rings is 6. The fourth-order valence-electron chi connectivity index (χ4n) is 6.60. The highest BCUT2D eigenvalue weighted by atomic mass is 15.0. The third-order valence-electron chi connectivity index (χ3n) is 8.86. The van der Waals surface area contributed by atoms with E-state index < -0.39 is 0 Å². The van der Waals surface area contributed by atoms with Crippen molar-refractivity contribution in [2.45, 2.75) is 48.5 Å². The molecular weight excluding hydrogens is 605 g/mol. The summed E-state index contributed by atoms with van der Waals surface area (Å²) in [5.74, 6) is 0. The molecule has 50 heavy (non-hydrogen) atoms. The predicted octanol–water partition coefficient (Wildman–Crippen LogP) is 14.1. The van der Waals surface area contributed by atoms with Crippen LogP contribution in [0, 0.1) is 13.8 Å². The van der Waals surface area contributed by atoms with E-state index in [1.54, 1.807) is 6.21 Å². The van der Waals surface area contributed by atoms with Gasteiger partial charge in [-0.15, -0.1) is 0 Å². The molecule has 0 aliphatic rings. The Morgan fingerprint density at radius 1 is 0.620 bits per heavy atom. The average Bonchev–Trinajstić information content (AvgIpc) is 3.51. The zero-order valence-electron chi connectivity index (χ0n) is 30.5. The molecule has 0 N–H and O–H groups in total. The van der Waals surface area contributed by atoms with Crippen molar-refractivity contribution in [2.75, 3.05) is 0 Å². The topological polar surface area (TPSA) is 17.3 Å². The molecule has 1 heterocycles. The van der Waals surface area contributed by atoms with Gasteiger partial charge in [0.15, 0.2) is 0 Å². The van der Waals surface area contributed by atoms with E-state index in [0.29, 0.717) is 0 Å². The molecule has 7 rings (SSSR count). The number of aliphatic imine (C=N–C) groups is 1. The van der Waals surface area contributed by atoms with E-state index in [1.165, 1.54) is 60.8 Å². The molecule has 0 bridgehead atoms. The molecule has 1 aromatic heterocycles. The second-order valence-corrected chi connectivity index (χ2v) is 11.7. The van der Waals surface area contributed by atoms with Crippen LogP contribution in [0.1, 0.15) is 51.3 Å². The maximum Gasteiger partial charge on any atom is 0.0630 e. The van der Waals surface area contributed by atoms with Gasteiger partial charge >= 0.3 is 0 Å². The summed E-state index contributed by atoms with van der Waals surface area (Å²) >= 11 is 0. The molecule has 0 aliphatic heterocycles. The highest BCUT2D eigenvalue weighted by molar-refractivity contribution is 6.15. The zero-order chi connectivity index (χ0) is 35.6. The van der Waals surface area contributed by atoms with Gasteiger partial charge in [-0.2, -0.15) is 0 Å². The van der Waals surface area contributed by atoms with Crippen LogP contribution in [0.5, 0.6) is 0 Å². The van der Waals surface area contributed by atoms with Gasteiger partial charge in [0.25, 0.3) is 0 Å². The van der Waals surface area contributed by atoms with Crippen molar-refractivity contribution in [3.8, 4) is 39.1 Å². The number of para-hydroxylation sites is 1. The van der Waals surface area contributed by atoms with Gasteiger partial charge < -0.3 is 4.57 Å². The number of rotatable bonds is 7. The van der Waals surface area contributed by atoms with Crippen LogP contribution >= 0.6 is 0 Å². The van der Waals surface area contributed by atoms with Crippen molar-refractivity contribution < 1.29 is 0 Å². The largest absolute Gasteiger partial charge is 0.309 e. The van der Waals surface area contributed by atoms with Crippen LogP contribution in [0.4, 0.5) is 0 Å². The molecule has 250 valence electrons. The molecule has 0 radical (unpaired) electrons. The Morgan fingerprint density at radius 2 is 1.24 bits per heavy atom. The van der Waals surface area contributed by atoms with Gasteiger partial charge in [0, 0.05) is 28.2 Å². The Labute approximate surface area is 298 Å². The minimum absolute atomic E-state index is 0.741. The number of aromatic nitrogens is 1. The summed E-state index contributed by atoms with van der Waals surface area (Å²) in [5, 5.41) is 2.43. The lowest BCUT2D eigenvalue weighted by Crippen LogP contribution is -1.97. The quantitative estimate of drug-likeness (QED) is 0.152. The standard InChI is InChI=1S/C44H36N2.2C2H6/c1-5-6-26-45-32(4)35-24-25-41-40(27-35)44-31(3)43(38-28-36(23-22-30(38)2)33-16-10-7-11-17-33)39(34-18-12-8-13-19-34)29-42(44)46(41)37-20-14-9-15-21-37;2*1-2/h5-29H,4H2,1-3H3;2*1-2H3/b6-5-,45-26?;;. The van der Waals surface area contributed by atoms with E-state index in [0.717, 1.165) is 22.5 Å². The molecule has 0 aliphatic carbocycles. The van der Waals surface area contributed by atoms with Crippen LogP contribution in [0.2, 0.25) is 0 Å². The summed E-state index contributed by atoms with van der Waals surface area (Å²) in [6.07, 6.45) is 5.70. The number of nitrogens with zero attached hydrogens (tertiary/aromatic N) is 2. The summed E-state index contributed by atoms with van der Waals surface area (Å²) in [4.78, 5) is 4.61. The molecule has 2 heteroatoms.